The minimum absolute atomic E-state index is 0. The topological polar surface area (TPSA) is 56.7 Å². The standard InChI is InChI=1S/C18H27F3N4O.HI/c1-5-14-7-9-15(10-8-14)13(3)24-17(22-6-2)23-11-16(26)25(4)12-18(19,20)21;/h7-10,13H,5-6,11-12H2,1-4H3,(H2,22,23,24);1H. The number of rotatable bonds is 7. The zero-order chi connectivity index (χ0) is 19.7. The van der Waals surface area contributed by atoms with Gasteiger partial charge in [-0.3, -0.25) is 4.79 Å². The molecule has 0 saturated carbocycles. The van der Waals surface area contributed by atoms with Crippen LogP contribution in [-0.2, 0) is 11.2 Å². The molecule has 1 unspecified atom stereocenters. The Bertz CT molecular complexity index is 606. The Morgan fingerprint density at radius 2 is 1.81 bits per heavy atom. The summed E-state index contributed by atoms with van der Waals surface area (Å²) in [6, 6.07) is 8.06. The first-order valence-electron chi connectivity index (χ1n) is 8.60. The number of likely N-dealkylation sites (N-methyl/N-ethyl adjacent to an activating group) is 1. The maximum Gasteiger partial charge on any atom is 0.406 e. The van der Waals surface area contributed by atoms with E-state index in [2.05, 4.69) is 22.5 Å². The van der Waals surface area contributed by atoms with Crippen molar-refractivity contribution in [3.63, 3.8) is 0 Å². The van der Waals surface area contributed by atoms with E-state index in [0.717, 1.165) is 19.0 Å². The first-order valence-corrected chi connectivity index (χ1v) is 8.60. The first-order chi connectivity index (χ1) is 12.2. The van der Waals surface area contributed by atoms with Crippen molar-refractivity contribution in [2.45, 2.75) is 39.4 Å². The Hall–Kier alpha value is -1.52. The average molecular weight is 500 g/mol. The molecule has 27 heavy (non-hydrogen) atoms. The number of carbonyl (C=O) groups is 1. The molecule has 0 radical (unpaired) electrons. The Balaban J connectivity index is 0.00000676. The molecule has 0 aliphatic carbocycles. The summed E-state index contributed by atoms with van der Waals surface area (Å²) < 4.78 is 37.0. The number of aryl methyl sites for hydroxylation is 1. The summed E-state index contributed by atoms with van der Waals surface area (Å²) >= 11 is 0. The maximum absolute atomic E-state index is 12.3. The summed E-state index contributed by atoms with van der Waals surface area (Å²) in [5.41, 5.74) is 2.29. The van der Waals surface area contributed by atoms with Gasteiger partial charge in [-0.1, -0.05) is 31.2 Å². The van der Waals surface area contributed by atoms with E-state index in [1.165, 1.54) is 5.56 Å². The number of aliphatic imine (C=N–C) groups is 1. The quantitative estimate of drug-likeness (QED) is 0.343. The molecule has 9 heteroatoms. The highest BCUT2D eigenvalue weighted by molar-refractivity contribution is 14.0. The molecule has 1 aromatic carbocycles. The van der Waals surface area contributed by atoms with E-state index in [1.54, 1.807) is 0 Å². The molecule has 0 aromatic heterocycles. The van der Waals surface area contributed by atoms with E-state index in [9.17, 15) is 18.0 Å². The molecule has 2 N–H and O–H groups in total. The van der Waals surface area contributed by atoms with Crippen LogP contribution >= 0.6 is 24.0 Å². The normalized spacial score (nSPS) is 12.8. The number of carbonyl (C=O) groups excluding carboxylic acids is 1. The van der Waals surface area contributed by atoms with Gasteiger partial charge in [-0.2, -0.15) is 13.2 Å². The number of halogens is 4. The molecule has 5 nitrogen and oxygen atoms in total. The zero-order valence-corrected chi connectivity index (χ0v) is 18.4. The summed E-state index contributed by atoms with van der Waals surface area (Å²) in [4.78, 5) is 16.5. The van der Waals surface area contributed by atoms with Crippen molar-refractivity contribution in [2.24, 2.45) is 4.99 Å². The lowest BCUT2D eigenvalue weighted by atomic mass is 10.1. The predicted octanol–water partition coefficient (Wildman–Crippen LogP) is 3.50. The van der Waals surface area contributed by atoms with Gasteiger partial charge >= 0.3 is 6.18 Å². The Labute approximate surface area is 175 Å². The van der Waals surface area contributed by atoms with Gasteiger partial charge in [-0.05, 0) is 31.4 Å². The van der Waals surface area contributed by atoms with Gasteiger partial charge < -0.3 is 15.5 Å². The van der Waals surface area contributed by atoms with Crippen LogP contribution in [0.15, 0.2) is 29.3 Å². The fourth-order valence-electron chi connectivity index (χ4n) is 2.27. The Morgan fingerprint density at radius 1 is 1.22 bits per heavy atom. The second kappa shape index (κ2) is 12.0. The zero-order valence-electron chi connectivity index (χ0n) is 16.1. The van der Waals surface area contributed by atoms with Crippen molar-refractivity contribution in [1.29, 1.82) is 0 Å². The third-order valence-electron chi connectivity index (χ3n) is 3.80. The number of amides is 1. The molecule has 0 bridgehead atoms. The van der Waals surface area contributed by atoms with Crippen LogP contribution in [0.1, 0.15) is 37.9 Å². The molecule has 154 valence electrons. The molecule has 0 aliphatic rings. The second-order valence-corrected chi connectivity index (χ2v) is 6.02. The molecule has 1 atom stereocenters. The van der Waals surface area contributed by atoms with E-state index >= 15 is 0 Å². The summed E-state index contributed by atoms with van der Waals surface area (Å²) in [7, 11) is 1.11. The second-order valence-electron chi connectivity index (χ2n) is 6.02. The number of guanidine groups is 1. The largest absolute Gasteiger partial charge is 0.406 e. The lowest BCUT2D eigenvalue weighted by Gasteiger charge is -2.20. The first kappa shape index (κ1) is 25.5. The highest BCUT2D eigenvalue weighted by atomic mass is 127. The molecule has 0 fully saturated rings. The molecule has 1 aromatic rings. The predicted molar refractivity (Wildman–Crippen MR) is 112 cm³/mol. The van der Waals surface area contributed by atoms with Gasteiger partial charge in [0.05, 0.1) is 6.04 Å². The van der Waals surface area contributed by atoms with Gasteiger partial charge in [0.2, 0.25) is 5.91 Å². The van der Waals surface area contributed by atoms with Crippen molar-refractivity contribution in [3.05, 3.63) is 35.4 Å². The molecule has 0 spiro atoms. The lowest BCUT2D eigenvalue weighted by molar-refractivity contribution is -0.157. The van der Waals surface area contributed by atoms with Crippen LogP contribution in [-0.4, -0.2) is 49.6 Å². The van der Waals surface area contributed by atoms with Crippen molar-refractivity contribution in [2.75, 3.05) is 26.7 Å². The van der Waals surface area contributed by atoms with Crippen LogP contribution in [0.5, 0.6) is 0 Å². The lowest BCUT2D eigenvalue weighted by Crippen LogP contribution is -2.41. The highest BCUT2D eigenvalue weighted by Gasteiger charge is 2.31. The van der Waals surface area contributed by atoms with Crippen LogP contribution in [0.2, 0.25) is 0 Å². The van der Waals surface area contributed by atoms with Crippen LogP contribution in [0.25, 0.3) is 0 Å². The molecule has 1 rings (SSSR count). The summed E-state index contributed by atoms with van der Waals surface area (Å²) in [5, 5.41) is 6.15. The third-order valence-corrected chi connectivity index (χ3v) is 3.80. The average Bonchev–Trinajstić information content (AvgIpc) is 2.58. The molecular formula is C18H28F3IN4O. The molecule has 0 heterocycles. The van der Waals surface area contributed by atoms with Crippen molar-refractivity contribution in [1.82, 2.24) is 15.5 Å². The highest BCUT2D eigenvalue weighted by Crippen LogP contribution is 2.16. The Kier molecular flexibility index (Phi) is 11.4. The van der Waals surface area contributed by atoms with Gasteiger partial charge in [0.15, 0.2) is 5.96 Å². The van der Waals surface area contributed by atoms with E-state index in [4.69, 9.17) is 0 Å². The van der Waals surface area contributed by atoms with Crippen LogP contribution < -0.4 is 10.6 Å². The minimum atomic E-state index is -4.42. The molecule has 1 amide bonds. The number of hydrogen-bond acceptors (Lipinski definition) is 2. The third kappa shape index (κ3) is 9.83. The van der Waals surface area contributed by atoms with E-state index in [1.807, 2.05) is 38.1 Å². The van der Waals surface area contributed by atoms with E-state index in [-0.39, 0.29) is 36.6 Å². The van der Waals surface area contributed by atoms with Gasteiger partial charge in [-0.25, -0.2) is 4.99 Å². The van der Waals surface area contributed by atoms with Crippen LogP contribution in [0.4, 0.5) is 13.2 Å². The molecule has 0 saturated heterocycles. The Morgan fingerprint density at radius 3 is 2.30 bits per heavy atom. The number of hydrogen-bond donors (Lipinski definition) is 2. The summed E-state index contributed by atoms with van der Waals surface area (Å²) in [5.74, 6) is -0.312. The van der Waals surface area contributed by atoms with Crippen molar-refractivity contribution >= 4 is 35.8 Å². The van der Waals surface area contributed by atoms with Gasteiger partial charge in [0, 0.05) is 13.6 Å². The number of benzene rings is 1. The monoisotopic (exact) mass is 500 g/mol. The maximum atomic E-state index is 12.3. The molecule has 0 aliphatic heterocycles. The number of nitrogens with zero attached hydrogens (tertiary/aromatic N) is 2. The summed E-state index contributed by atoms with van der Waals surface area (Å²) in [6.45, 7) is 4.83. The fourth-order valence-corrected chi connectivity index (χ4v) is 2.27. The van der Waals surface area contributed by atoms with Crippen molar-refractivity contribution < 1.29 is 18.0 Å². The van der Waals surface area contributed by atoms with E-state index < -0.39 is 18.6 Å². The van der Waals surface area contributed by atoms with Gasteiger partial charge in [0.1, 0.15) is 13.1 Å². The van der Waals surface area contributed by atoms with Crippen LogP contribution in [0.3, 0.4) is 0 Å². The van der Waals surface area contributed by atoms with Crippen LogP contribution in [0, 0.1) is 0 Å². The minimum Gasteiger partial charge on any atom is -0.357 e. The number of alkyl halides is 3. The van der Waals surface area contributed by atoms with E-state index in [0.29, 0.717) is 17.4 Å². The fraction of sp³-hybridized carbons (Fsp3) is 0.556. The molecular weight excluding hydrogens is 472 g/mol. The van der Waals surface area contributed by atoms with Crippen molar-refractivity contribution in [3.8, 4) is 0 Å². The van der Waals surface area contributed by atoms with Gasteiger partial charge in [0.25, 0.3) is 0 Å². The van der Waals surface area contributed by atoms with Gasteiger partial charge in [-0.15, -0.1) is 24.0 Å². The number of nitrogens with one attached hydrogen (secondary N) is 2. The SMILES string of the molecule is CCNC(=NCC(=O)N(C)CC(F)(F)F)NC(C)c1ccc(CC)cc1.I. The summed E-state index contributed by atoms with van der Waals surface area (Å²) in [6.07, 6.45) is -3.46. The smallest absolute Gasteiger partial charge is 0.357 e.